The second kappa shape index (κ2) is 34.3. The molecule has 109 heavy (non-hydrogen) atoms. The summed E-state index contributed by atoms with van der Waals surface area (Å²) in [7, 11) is 9.76. The first-order chi connectivity index (χ1) is 51.7. The van der Waals surface area contributed by atoms with E-state index in [1.807, 2.05) is 44.3 Å². The van der Waals surface area contributed by atoms with E-state index < -0.39 is 26.9 Å². The van der Waals surface area contributed by atoms with Gasteiger partial charge in [0.1, 0.15) is 5.82 Å². The molecule has 4 aromatic heterocycles. The molecule has 1 atom stereocenters. The molecule has 0 amide bonds. The SMILES string of the molecule is CC12CCC(N)(CC1)CC2.CCc1nc(CS(=O)(=O)c2ccccc2Cl)ccc1-c1cc(CC)c2nc(NC34CCC(N(C)C)(CC3)CC4)ncc2c1.CCc1nc(N)ccc1-c1cc(CC)c2nc(F)ccc2c1.CN(C)C12CCC(C)(CC1)CC2.CN(C)C12CCC(N)(CC1)CC2.O=S([O-])c1ccccc1Cl. The van der Waals surface area contributed by atoms with Crippen LogP contribution in [0.15, 0.2) is 125 Å². The van der Waals surface area contributed by atoms with Gasteiger partial charge in [0.15, 0.2) is 9.84 Å². The molecule has 7 N–H and O–H groups in total. The van der Waals surface area contributed by atoms with Gasteiger partial charge in [-0.1, -0.05) is 95.1 Å². The Bertz CT molecular complexity index is 4510. The molecule has 12 aliphatic rings. The molecule has 12 saturated carbocycles. The lowest BCUT2D eigenvalue weighted by Crippen LogP contribution is -2.59. The minimum absolute atomic E-state index is 0.0839. The lowest BCUT2D eigenvalue weighted by molar-refractivity contribution is -0.0230. The Balaban J connectivity index is 0.000000147. The summed E-state index contributed by atoms with van der Waals surface area (Å²) in [5, 5.41) is 6.19. The van der Waals surface area contributed by atoms with Gasteiger partial charge in [0.2, 0.25) is 11.9 Å². The second-order valence-corrected chi connectivity index (χ2v) is 38.2. The number of hydrogen-bond acceptors (Lipinski definition) is 16. The number of pyridine rings is 3. The van der Waals surface area contributed by atoms with Crippen molar-refractivity contribution in [2.75, 3.05) is 53.3 Å². The van der Waals surface area contributed by atoms with Crippen molar-refractivity contribution in [3.05, 3.63) is 160 Å². The molecule has 1 unspecified atom stereocenters. The highest BCUT2D eigenvalue weighted by atomic mass is 35.5. The maximum absolute atomic E-state index is 13.4. The number of sulfone groups is 1. The van der Waals surface area contributed by atoms with Crippen LogP contribution in [0.5, 0.6) is 0 Å². The van der Waals surface area contributed by atoms with E-state index in [1.165, 1.54) is 159 Å². The van der Waals surface area contributed by atoms with Crippen molar-refractivity contribution in [2.24, 2.45) is 22.3 Å². The number of nitrogens with zero attached hydrogens (tertiary/aromatic N) is 8. The molecule has 590 valence electrons. The fourth-order valence-electron chi connectivity index (χ4n) is 18.7. The number of nitrogen functional groups attached to an aromatic ring is 1. The zero-order chi connectivity index (χ0) is 78.5. The number of rotatable bonds is 15. The summed E-state index contributed by atoms with van der Waals surface area (Å²) < 4.78 is 60.3. The Hall–Kier alpha value is -6.10. The van der Waals surface area contributed by atoms with E-state index in [1.54, 1.807) is 42.5 Å². The molecule has 8 bridgehead atoms. The quantitative estimate of drug-likeness (QED) is 0.0551. The highest BCUT2D eigenvalue weighted by molar-refractivity contribution is 7.90. The molecule has 12 fully saturated rings. The van der Waals surface area contributed by atoms with Gasteiger partial charge >= 0.3 is 0 Å². The Morgan fingerprint density at radius 1 is 0.514 bits per heavy atom. The van der Waals surface area contributed by atoms with Gasteiger partial charge in [-0.3, -0.25) is 9.19 Å². The molecular formula is C88H120Cl2FN12O4S2-. The van der Waals surface area contributed by atoms with Crippen LogP contribution in [0.25, 0.3) is 44.1 Å². The van der Waals surface area contributed by atoms with Gasteiger partial charge in [0.25, 0.3) is 0 Å². The van der Waals surface area contributed by atoms with Crippen LogP contribution in [0.3, 0.4) is 0 Å². The van der Waals surface area contributed by atoms with Gasteiger partial charge in [-0.2, -0.15) is 4.39 Å². The second-order valence-electron chi connectivity index (χ2n) is 34.5. The van der Waals surface area contributed by atoms with Gasteiger partial charge in [-0.05, 0) is 345 Å². The summed E-state index contributed by atoms with van der Waals surface area (Å²) in [4.78, 5) is 30.7. The van der Waals surface area contributed by atoms with Crippen LogP contribution in [-0.2, 0) is 52.4 Å². The summed E-state index contributed by atoms with van der Waals surface area (Å²) in [5.74, 6) is 0.594. The average molecular weight is 1560 g/mol. The van der Waals surface area contributed by atoms with Crippen molar-refractivity contribution in [1.29, 1.82) is 0 Å². The van der Waals surface area contributed by atoms with Crippen LogP contribution in [0.2, 0.25) is 10.0 Å². The first kappa shape index (κ1) is 83.8. The normalized spacial score (nSPS) is 27.3. The first-order valence-electron chi connectivity index (χ1n) is 40.0. The molecule has 4 heterocycles. The maximum atomic E-state index is 13.4. The van der Waals surface area contributed by atoms with Gasteiger partial charge in [-0.25, -0.2) is 28.4 Å². The summed E-state index contributed by atoms with van der Waals surface area (Å²) in [6.07, 6.45) is 36.5. The Morgan fingerprint density at radius 3 is 1.40 bits per heavy atom. The molecule has 20 rings (SSSR count). The molecule has 21 heteroatoms. The lowest BCUT2D eigenvalue weighted by atomic mass is 9.58. The standard InChI is InChI=1S/C34H40ClN5O2S.C18H18FN3.C11H21N.C10H20N2.C9H17N.C6H5ClO2S/c1-5-23-19-24(27-12-11-26(37-29(27)6-2)22-43(41,42)30-10-8-7-9-28(30)35)20-25-21-36-32(38-31(23)25)39-33-13-16-34(17-14-33,18-15-33)40(3)4;1-3-11-9-13(10-12-5-7-16(19)22-18(11)12)14-6-8-17(20)21-15(14)4-2;1-10-4-7-11(8-5-10,9-6-10)12(2)3;1-12(2)10-6-3-9(11,4-7-10)5-8-10;1-8-2-5-9(10,6-3-8)7-4-8;7-5-3-1-2-4-6(5)10(8)9/h7-12,19-21H,5-6,13-18,22H2,1-4H3,(H,36,38,39);5-10H,3-4H2,1-2H3,(H2,20,21);4-9H2,1-3H3;3-8,11H2,1-2H3;2-7,10H2,1H3;1-4H,(H,8,9)/p-1. The van der Waals surface area contributed by atoms with Gasteiger partial charge in [-0.15, -0.1) is 0 Å². The van der Waals surface area contributed by atoms with Gasteiger partial charge in [0, 0.05) is 71.9 Å². The maximum Gasteiger partial charge on any atom is 0.223 e. The van der Waals surface area contributed by atoms with Crippen molar-refractivity contribution in [3.63, 3.8) is 0 Å². The molecule has 16 nitrogen and oxygen atoms in total. The van der Waals surface area contributed by atoms with Gasteiger partial charge in [0.05, 0.1) is 43.1 Å². The zero-order valence-corrected chi connectivity index (χ0v) is 70.0. The molecule has 0 saturated heterocycles. The van der Waals surface area contributed by atoms with E-state index in [4.69, 9.17) is 55.4 Å². The number of nitrogens with one attached hydrogen (secondary N) is 1. The summed E-state index contributed by atoms with van der Waals surface area (Å²) in [5.41, 5.74) is 32.0. The minimum Gasteiger partial charge on any atom is -0.768 e. The minimum atomic E-state index is -3.63. The van der Waals surface area contributed by atoms with Gasteiger partial charge < -0.3 is 41.8 Å². The molecule has 4 aromatic carbocycles. The number of nitrogens with two attached hydrogens (primary N) is 3. The first-order valence-corrected chi connectivity index (χ1v) is 43.5. The van der Waals surface area contributed by atoms with E-state index in [2.05, 4.69) is 118 Å². The third kappa shape index (κ3) is 19.2. The van der Waals surface area contributed by atoms with Crippen molar-refractivity contribution in [1.82, 2.24) is 39.6 Å². The Morgan fingerprint density at radius 2 is 0.945 bits per heavy atom. The monoisotopic (exact) mass is 1560 g/mol. The number of aryl methyl sites for hydroxylation is 4. The number of fused-ring (bicyclic) bond motifs is 14. The number of benzene rings is 4. The van der Waals surface area contributed by atoms with E-state index in [0.29, 0.717) is 45.9 Å². The Kier molecular flexibility index (Phi) is 26.4. The van der Waals surface area contributed by atoms with Crippen LogP contribution in [0.1, 0.15) is 224 Å². The fraction of sp³-hybridized carbons (Fsp3) is 0.557. The van der Waals surface area contributed by atoms with Crippen LogP contribution >= 0.6 is 23.2 Å². The van der Waals surface area contributed by atoms with Crippen molar-refractivity contribution in [2.45, 2.75) is 270 Å². The van der Waals surface area contributed by atoms with Crippen molar-refractivity contribution < 1.29 is 21.6 Å². The highest BCUT2D eigenvalue weighted by Crippen LogP contribution is 2.55. The van der Waals surface area contributed by atoms with E-state index in [0.717, 1.165) is 111 Å². The van der Waals surface area contributed by atoms with Crippen molar-refractivity contribution in [3.8, 4) is 22.3 Å². The summed E-state index contributed by atoms with van der Waals surface area (Å²) in [6.45, 7) is 13.2. The molecular weight excluding hydrogens is 1440 g/mol. The van der Waals surface area contributed by atoms with E-state index in [-0.39, 0.29) is 42.2 Å². The third-order valence-electron chi connectivity index (χ3n) is 27.2. The van der Waals surface area contributed by atoms with Crippen LogP contribution in [0.4, 0.5) is 16.2 Å². The molecule has 12 aliphatic carbocycles. The lowest BCUT2D eigenvalue weighted by Gasteiger charge is -2.56. The molecule has 0 radical (unpaired) electrons. The smallest absolute Gasteiger partial charge is 0.223 e. The summed E-state index contributed by atoms with van der Waals surface area (Å²) in [6, 6.07) is 32.0. The zero-order valence-electron chi connectivity index (χ0n) is 66.9. The fourth-order valence-corrected chi connectivity index (χ4v) is 21.3. The molecule has 0 aliphatic heterocycles. The predicted molar refractivity (Wildman–Crippen MR) is 447 cm³/mol. The van der Waals surface area contributed by atoms with E-state index in [9.17, 15) is 21.6 Å². The van der Waals surface area contributed by atoms with E-state index >= 15 is 0 Å². The number of hydrogen-bond donors (Lipinski definition) is 4. The predicted octanol–water partition coefficient (Wildman–Crippen LogP) is 19.1. The molecule has 8 aromatic rings. The summed E-state index contributed by atoms with van der Waals surface area (Å²) >= 11 is 9.49. The Labute approximate surface area is 662 Å². The van der Waals surface area contributed by atoms with Crippen LogP contribution in [-0.4, -0.2) is 132 Å². The average Bonchev–Trinajstić information content (AvgIpc) is 0.746. The topological polar surface area (TPSA) is 239 Å². The highest BCUT2D eigenvalue weighted by Gasteiger charge is 2.51. The number of aromatic nitrogens is 5. The number of halogens is 3. The largest absolute Gasteiger partial charge is 0.768 e. The number of anilines is 2. The molecule has 0 spiro atoms. The van der Waals surface area contributed by atoms with Crippen molar-refractivity contribution >= 4 is 77.7 Å². The van der Waals surface area contributed by atoms with Crippen LogP contribution < -0.4 is 22.5 Å². The third-order valence-corrected chi connectivity index (χ3v) is 30.5. The van der Waals surface area contributed by atoms with Crippen LogP contribution in [0, 0.1) is 16.8 Å².